The van der Waals surface area contributed by atoms with Crippen LogP contribution in [0, 0.1) is 0 Å². The largest absolute Gasteiger partial charge is 0.468 e. The Hall–Kier alpha value is -1.63. The number of furan rings is 1. The molecule has 6 heteroatoms. The van der Waals surface area contributed by atoms with Crippen molar-refractivity contribution in [3.8, 4) is 0 Å². The summed E-state index contributed by atoms with van der Waals surface area (Å²) in [4.78, 5) is 16.8. The number of carbonyl (C=O) groups excluding carboxylic acids is 1. The quantitative estimate of drug-likeness (QED) is 0.840. The molecule has 134 valence electrons. The lowest BCUT2D eigenvalue weighted by molar-refractivity contribution is -0.0393. The van der Waals surface area contributed by atoms with Crippen LogP contribution in [0.4, 0.5) is 0 Å². The number of likely N-dealkylation sites (N-methyl/N-ethyl adjacent to an activating group) is 1. The zero-order chi connectivity index (χ0) is 17.3. The smallest absolute Gasteiger partial charge is 0.254 e. The number of piperidine rings is 1. The van der Waals surface area contributed by atoms with Crippen LogP contribution in [0.3, 0.4) is 0 Å². The minimum Gasteiger partial charge on any atom is -0.468 e. The molecular formula is C19H24N2O3S. The van der Waals surface area contributed by atoms with E-state index in [0.717, 1.165) is 56.8 Å². The maximum absolute atomic E-state index is 12.5. The molecule has 0 aliphatic carbocycles. The number of likely N-dealkylation sites (tertiary alicyclic amines) is 1. The van der Waals surface area contributed by atoms with Crippen molar-refractivity contribution in [1.29, 1.82) is 0 Å². The van der Waals surface area contributed by atoms with Crippen molar-refractivity contribution in [1.82, 2.24) is 9.80 Å². The van der Waals surface area contributed by atoms with E-state index in [9.17, 15) is 4.79 Å². The van der Waals surface area contributed by atoms with Gasteiger partial charge < -0.3 is 14.1 Å². The first-order valence-electron chi connectivity index (χ1n) is 8.83. The molecule has 0 saturated carbocycles. The van der Waals surface area contributed by atoms with Crippen molar-refractivity contribution in [2.75, 3.05) is 26.7 Å². The van der Waals surface area contributed by atoms with Crippen LogP contribution in [-0.2, 0) is 11.3 Å². The van der Waals surface area contributed by atoms with Crippen LogP contribution in [0.25, 0.3) is 0 Å². The summed E-state index contributed by atoms with van der Waals surface area (Å²) in [5.41, 5.74) is 0.748. The zero-order valence-corrected chi connectivity index (χ0v) is 15.3. The van der Waals surface area contributed by atoms with Gasteiger partial charge in [-0.2, -0.15) is 11.3 Å². The van der Waals surface area contributed by atoms with Gasteiger partial charge in [-0.1, -0.05) is 0 Å². The fourth-order valence-corrected chi connectivity index (χ4v) is 4.55. The Morgan fingerprint density at radius 1 is 1.40 bits per heavy atom. The molecule has 2 aliphatic heterocycles. The van der Waals surface area contributed by atoms with Crippen molar-refractivity contribution < 1.29 is 13.9 Å². The molecule has 4 heterocycles. The van der Waals surface area contributed by atoms with Gasteiger partial charge in [-0.05, 0) is 49.9 Å². The summed E-state index contributed by atoms with van der Waals surface area (Å²) in [6, 6.07) is 6.25. The van der Waals surface area contributed by atoms with Crippen molar-refractivity contribution in [3.05, 3.63) is 46.5 Å². The van der Waals surface area contributed by atoms with E-state index in [4.69, 9.17) is 9.15 Å². The first kappa shape index (κ1) is 16.8. The fourth-order valence-electron chi connectivity index (χ4n) is 3.92. The lowest BCUT2D eigenvalue weighted by Gasteiger charge is -2.38. The summed E-state index contributed by atoms with van der Waals surface area (Å²) in [5.74, 6) is 1.14. The van der Waals surface area contributed by atoms with Gasteiger partial charge >= 0.3 is 0 Å². The normalized spacial score (nSPS) is 22.8. The van der Waals surface area contributed by atoms with Gasteiger partial charge in [-0.15, -0.1) is 0 Å². The predicted molar refractivity (Wildman–Crippen MR) is 96.7 cm³/mol. The molecule has 2 fully saturated rings. The van der Waals surface area contributed by atoms with Crippen molar-refractivity contribution in [3.63, 3.8) is 0 Å². The number of amides is 1. The second-order valence-corrected chi connectivity index (χ2v) is 7.93. The molecule has 25 heavy (non-hydrogen) atoms. The molecule has 2 aromatic heterocycles. The van der Waals surface area contributed by atoms with E-state index in [1.54, 1.807) is 17.6 Å². The van der Waals surface area contributed by atoms with Crippen LogP contribution in [0.5, 0.6) is 0 Å². The molecule has 1 amide bonds. The summed E-state index contributed by atoms with van der Waals surface area (Å²) in [7, 11) is 2.13. The molecule has 2 saturated heterocycles. The Morgan fingerprint density at radius 2 is 2.24 bits per heavy atom. The highest BCUT2D eigenvalue weighted by Gasteiger charge is 2.44. The standard InChI is InChI=1S/C19H24N2O3S/c1-20(12-17-3-2-9-23-17)16-11-19(24-13-16)5-7-21(8-6-19)18(22)15-4-10-25-14-15/h2-4,9-10,14,16H,5-8,11-13H2,1H3/t16-/m1/s1. The second kappa shape index (κ2) is 6.94. The molecule has 2 aliphatic rings. The minimum absolute atomic E-state index is 0.0620. The number of hydrogen-bond acceptors (Lipinski definition) is 5. The number of carbonyl (C=O) groups is 1. The maximum atomic E-state index is 12.5. The van der Waals surface area contributed by atoms with Gasteiger partial charge in [0.25, 0.3) is 5.91 Å². The molecule has 2 aromatic rings. The molecule has 5 nitrogen and oxygen atoms in total. The SMILES string of the molecule is CN(Cc1ccco1)[C@H]1COC2(CCN(C(=O)c3ccsc3)CC2)C1. The summed E-state index contributed by atoms with van der Waals surface area (Å²) >= 11 is 1.57. The number of ether oxygens (including phenoxy) is 1. The van der Waals surface area contributed by atoms with Crippen LogP contribution >= 0.6 is 11.3 Å². The summed E-state index contributed by atoms with van der Waals surface area (Å²) in [5, 5.41) is 3.89. The molecule has 0 N–H and O–H groups in total. The molecule has 4 rings (SSSR count). The van der Waals surface area contributed by atoms with E-state index in [-0.39, 0.29) is 11.5 Å². The van der Waals surface area contributed by atoms with Gasteiger partial charge in [-0.3, -0.25) is 9.69 Å². The van der Waals surface area contributed by atoms with Gasteiger partial charge in [0, 0.05) is 24.5 Å². The Morgan fingerprint density at radius 3 is 2.92 bits per heavy atom. The number of nitrogens with zero attached hydrogens (tertiary/aromatic N) is 2. The van der Waals surface area contributed by atoms with E-state index in [1.165, 1.54) is 0 Å². The van der Waals surface area contributed by atoms with E-state index >= 15 is 0 Å². The molecule has 1 atom stereocenters. The second-order valence-electron chi connectivity index (χ2n) is 7.15. The van der Waals surface area contributed by atoms with Crippen molar-refractivity contribution in [2.24, 2.45) is 0 Å². The Labute approximate surface area is 152 Å². The first-order chi connectivity index (χ1) is 12.2. The topological polar surface area (TPSA) is 45.9 Å². The molecular weight excluding hydrogens is 336 g/mol. The van der Waals surface area contributed by atoms with Crippen LogP contribution in [0.1, 0.15) is 35.4 Å². The first-order valence-corrected chi connectivity index (χ1v) is 9.78. The Kier molecular flexibility index (Phi) is 4.67. The van der Waals surface area contributed by atoms with Crippen LogP contribution < -0.4 is 0 Å². The maximum Gasteiger partial charge on any atom is 0.254 e. The van der Waals surface area contributed by atoms with E-state index < -0.39 is 0 Å². The summed E-state index contributed by atoms with van der Waals surface area (Å²) in [6.45, 7) is 3.13. The summed E-state index contributed by atoms with van der Waals surface area (Å²) < 4.78 is 11.7. The van der Waals surface area contributed by atoms with Gasteiger partial charge in [-0.25, -0.2) is 0 Å². The molecule has 0 unspecified atom stereocenters. The number of thiophene rings is 1. The lowest BCUT2D eigenvalue weighted by Crippen LogP contribution is -2.47. The van der Waals surface area contributed by atoms with Crippen LogP contribution in [-0.4, -0.2) is 54.1 Å². The molecule has 1 spiro atoms. The third-order valence-corrected chi connectivity index (χ3v) is 6.21. The van der Waals surface area contributed by atoms with Crippen molar-refractivity contribution in [2.45, 2.75) is 37.5 Å². The fraction of sp³-hybridized carbons (Fsp3) is 0.526. The molecule has 0 aromatic carbocycles. The number of hydrogen-bond donors (Lipinski definition) is 0. The monoisotopic (exact) mass is 360 g/mol. The van der Waals surface area contributed by atoms with E-state index in [0.29, 0.717) is 6.04 Å². The number of rotatable bonds is 4. The van der Waals surface area contributed by atoms with E-state index in [2.05, 4.69) is 11.9 Å². The average Bonchev–Trinajstić information content (AvgIpc) is 3.37. The van der Waals surface area contributed by atoms with E-state index in [1.807, 2.05) is 33.9 Å². The van der Waals surface area contributed by atoms with Crippen molar-refractivity contribution >= 4 is 17.2 Å². The van der Waals surface area contributed by atoms with Gasteiger partial charge in [0.2, 0.25) is 0 Å². The highest BCUT2D eigenvalue weighted by molar-refractivity contribution is 7.08. The highest BCUT2D eigenvalue weighted by atomic mass is 32.1. The van der Waals surface area contributed by atoms with Crippen LogP contribution in [0.15, 0.2) is 39.6 Å². The highest BCUT2D eigenvalue weighted by Crippen LogP contribution is 2.38. The summed E-state index contributed by atoms with van der Waals surface area (Å²) in [6.07, 6.45) is 4.60. The van der Waals surface area contributed by atoms with Gasteiger partial charge in [0.15, 0.2) is 0 Å². The van der Waals surface area contributed by atoms with Gasteiger partial charge in [0.05, 0.1) is 30.6 Å². The Balaban J connectivity index is 1.32. The molecule has 0 radical (unpaired) electrons. The third-order valence-electron chi connectivity index (χ3n) is 5.53. The Bertz CT molecular complexity index is 690. The third kappa shape index (κ3) is 3.52. The lowest BCUT2D eigenvalue weighted by atomic mass is 9.87. The minimum atomic E-state index is -0.0620. The predicted octanol–water partition coefficient (Wildman–Crippen LogP) is 3.24. The zero-order valence-electron chi connectivity index (χ0n) is 14.5. The molecule has 0 bridgehead atoms. The average molecular weight is 360 g/mol. The van der Waals surface area contributed by atoms with Crippen LogP contribution in [0.2, 0.25) is 0 Å². The van der Waals surface area contributed by atoms with Gasteiger partial charge in [0.1, 0.15) is 5.76 Å².